The van der Waals surface area contributed by atoms with Gasteiger partial charge in [0.05, 0.1) is 33.7 Å². The fraction of sp³-hybridized carbons (Fsp3) is 0.261. The molecule has 1 fully saturated rings. The molecule has 1 aliphatic carbocycles. The van der Waals surface area contributed by atoms with Crippen LogP contribution >= 0.6 is 0 Å². The Morgan fingerprint density at radius 2 is 1.61 bits per heavy atom. The van der Waals surface area contributed by atoms with Crippen LogP contribution in [0.25, 0.3) is 0 Å². The van der Waals surface area contributed by atoms with Gasteiger partial charge in [-0.2, -0.15) is 5.26 Å². The van der Waals surface area contributed by atoms with Crippen LogP contribution in [0.1, 0.15) is 58.4 Å². The quantitative estimate of drug-likeness (QED) is 0.684. The fourth-order valence-corrected chi connectivity index (χ4v) is 5.06. The number of nitriles is 1. The Labute approximate surface area is 190 Å². The van der Waals surface area contributed by atoms with E-state index in [9.17, 15) is 27.6 Å². The Morgan fingerprint density at radius 1 is 0.909 bits per heavy atom. The van der Waals surface area contributed by atoms with Crippen molar-refractivity contribution in [2.24, 2.45) is 0 Å². The lowest BCUT2D eigenvalue weighted by Gasteiger charge is -2.26. The number of imide groups is 1. The van der Waals surface area contributed by atoms with Gasteiger partial charge in [-0.15, -0.1) is 0 Å². The SMILES string of the molecule is N#Cc1ccc(S(=O)(=O)Nc2ccc3c(c2)C(=O)N(C2CCC(=O)CCCC2=O)C3=O)cc1. The molecular formula is C23H19N3O6S. The van der Waals surface area contributed by atoms with E-state index in [-0.39, 0.29) is 52.5 Å². The van der Waals surface area contributed by atoms with Crippen molar-refractivity contribution in [1.29, 1.82) is 5.26 Å². The first-order valence-corrected chi connectivity index (χ1v) is 11.8. The van der Waals surface area contributed by atoms with Gasteiger partial charge in [-0.05, 0) is 55.3 Å². The van der Waals surface area contributed by atoms with E-state index in [2.05, 4.69) is 4.72 Å². The Bertz CT molecular complexity index is 1320. The third-order valence-electron chi connectivity index (χ3n) is 5.72. The maximum absolute atomic E-state index is 13.1. The van der Waals surface area contributed by atoms with E-state index >= 15 is 0 Å². The molecule has 2 aliphatic rings. The number of amides is 2. The summed E-state index contributed by atoms with van der Waals surface area (Å²) in [6.07, 6.45) is 1.00. The first-order valence-electron chi connectivity index (χ1n) is 10.3. The molecule has 2 aromatic carbocycles. The number of benzene rings is 2. The molecule has 0 spiro atoms. The molecule has 0 aromatic heterocycles. The minimum atomic E-state index is -4.01. The maximum Gasteiger partial charge on any atom is 0.262 e. The molecule has 168 valence electrons. The predicted molar refractivity (Wildman–Crippen MR) is 116 cm³/mol. The molecule has 0 saturated heterocycles. The molecule has 33 heavy (non-hydrogen) atoms. The number of fused-ring (bicyclic) bond motifs is 1. The first kappa shape index (κ1) is 22.4. The molecule has 1 aliphatic heterocycles. The van der Waals surface area contributed by atoms with Gasteiger partial charge in [0, 0.05) is 24.9 Å². The van der Waals surface area contributed by atoms with Crippen molar-refractivity contribution in [2.75, 3.05) is 4.72 Å². The lowest BCUT2D eigenvalue weighted by molar-refractivity contribution is -0.125. The number of carbonyl (C=O) groups is 4. The van der Waals surface area contributed by atoms with Crippen molar-refractivity contribution < 1.29 is 27.6 Å². The molecule has 10 heteroatoms. The van der Waals surface area contributed by atoms with Crippen LogP contribution < -0.4 is 4.72 Å². The van der Waals surface area contributed by atoms with Crippen molar-refractivity contribution in [3.63, 3.8) is 0 Å². The van der Waals surface area contributed by atoms with Gasteiger partial charge < -0.3 is 0 Å². The number of Topliss-reactive ketones (excluding diaryl/α,β-unsaturated/α-hetero) is 2. The maximum atomic E-state index is 13.1. The molecule has 2 aromatic rings. The number of nitrogens with one attached hydrogen (secondary N) is 1. The number of hydrogen-bond acceptors (Lipinski definition) is 7. The number of carbonyl (C=O) groups excluding carboxylic acids is 4. The van der Waals surface area contributed by atoms with Crippen molar-refractivity contribution >= 4 is 39.1 Å². The molecule has 1 saturated carbocycles. The van der Waals surface area contributed by atoms with E-state index in [0.717, 1.165) is 4.90 Å². The average Bonchev–Trinajstić information content (AvgIpc) is 3.02. The van der Waals surface area contributed by atoms with Crippen molar-refractivity contribution in [3.8, 4) is 6.07 Å². The number of hydrogen-bond donors (Lipinski definition) is 1. The highest BCUT2D eigenvalue weighted by molar-refractivity contribution is 7.92. The lowest BCUT2D eigenvalue weighted by atomic mass is 9.94. The highest BCUT2D eigenvalue weighted by Gasteiger charge is 2.43. The number of nitrogens with zero attached hydrogens (tertiary/aromatic N) is 2. The van der Waals surface area contributed by atoms with Crippen LogP contribution in [0.3, 0.4) is 0 Å². The van der Waals surface area contributed by atoms with Crippen molar-refractivity contribution in [2.45, 2.75) is 43.0 Å². The first-order chi connectivity index (χ1) is 15.7. The molecule has 0 bridgehead atoms. The third-order valence-corrected chi connectivity index (χ3v) is 7.12. The Kier molecular flexibility index (Phi) is 5.82. The molecule has 1 unspecified atom stereocenters. The fourth-order valence-electron chi connectivity index (χ4n) is 4.01. The van der Waals surface area contributed by atoms with Crippen LogP contribution in [0, 0.1) is 11.3 Å². The largest absolute Gasteiger partial charge is 0.300 e. The van der Waals surface area contributed by atoms with Crippen molar-refractivity contribution in [3.05, 3.63) is 59.2 Å². The third kappa shape index (κ3) is 4.27. The average molecular weight is 465 g/mol. The topological polar surface area (TPSA) is 141 Å². The normalized spacial score (nSPS) is 19.0. The number of rotatable bonds is 4. The smallest absolute Gasteiger partial charge is 0.262 e. The monoisotopic (exact) mass is 465 g/mol. The summed E-state index contributed by atoms with van der Waals surface area (Å²) in [5, 5.41) is 8.86. The van der Waals surface area contributed by atoms with Crippen LogP contribution in [0.5, 0.6) is 0 Å². The summed E-state index contributed by atoms with van der Waals surface area (Å²) in [5.41, 5.74) is 0.435. The standard InChI is InChI=1S/C23H19N3O6S/c24-13-14-4-8-17(9-5-14)33(31,32)25-15-6-10-18-19(12-15)23(30)26(22(18)29)20-11-7-16(27)2-1-3-21(20)28/h4-6,8-10,12,20,25H,1-3,7,11H2. The minimum Gasteiger partial charge on any atom is -0.300 e. The van der Waals surface area contributed by atoms with E-state index < -0.39 is 27.9 Å². The molecule has 1 heterocycles. The highest BCUT2D eigenvalue weighted by atomic mass is 32.2. The summed E-state index contributed by atoms with van der Waals surface area (Å²) in [5.74, 6) is -1.61. The summed E-state index contributed by atoms with van der Waals surface area (Å²) in [6, 6.07) is 10.2. The Hall–Kier alpha value is -3.84. The van der Waals surface area contributed by atoms with Gasteiger partial charge in [0.25, 0.3) is 21.8 Å². The summed E-state index contributed by atoms with van der Waals surface area (Å²) < 4.78 is 27.7. The van der Waals surface area contributed by atoms with Crippen molar-refractivity contribution in [1.82, 2.24) is 4.90 Å². The van der Waals surface area contributed by atoms with Crippen LogP contribution in [0.15, 0.2) is 47.4 Å². The summed E-state index contributed by atoms with van der Waals surface area (Å²) in [4.78, 5) is 51.2. The molecule has 4 rings (SSSR count). The van der Waals surface area contributed by atoms with Crippen LogP contribution in [-0.2, 0) is 19.6 Å². The lowest BCUT2D eigenvalue weighted by Crippen LogP contribution is -2.45. The molecule has 9 nitrogen and oxygen atoms in total. The predicted octanol–water partition coefficient (Wildman–Crippen LogP) is 2.43. The molecule has 2 amide bonds. The van der Waals surface area contributed by atoms with E-state index in [1.807, 2.05) is 6.07 Å². The van der Waals surface area contributed by atoms with Gasteiger partial charge in [0.15, 0.2) is 5.78 Å². The highest BCUT2D eigenvalue weighted by Crippen LogP contribution is 2.31. The second-order valence-electron chi connectivity index (χ2n) is 7.90. The summed E-state index contributed by atoms with van der Waals surface area (Å²) in [6.45, 7) is 0. The van der Waals surface area contributed by atoms with Gasteiger partial charge in [-0.1, -0.05) is 0 Å². The zero-order valence-corrected chi connectivity index (χ0v) is 18.2. The van der Waals surface area contributed by atoms with Crippen LogP contribution in [-0.4, -0.2) is 42.7 Å². The molecule has 1 N–H and O–H groups in total. The van der Waals surface area contributed by atoms with Crippen LogP contribution in [0.4, 0.5) is 5.69 Å². The summed E-state index contributed by atoms with van der Waals surface area (Å²) >= 11 is 0. The number of anilines is 1. The molecule has 1 atom stereocenters. The second-order valence-corrected chi connectivity index (χ2v) is 9.58. The van der Waals surface area contributed by atoms with E-state index in [1.165, 1.54) is 42.5 Å². The van der Waals surface area contributed by atoms with Gasteiger partial charge in [-0.3, -0.25) is 28.8 Å². The van der Waals surface area contributed by atoms with E-state index in [0.29, 0.717) is 18.4 Å². The Balaban J connectivity index is 1.60. The van der Waals surface area contributed by atoms with E-state index in [1.54, 1.807) is 0 Å². The number of ketones is 2. The van der Waals surface area contributed by atoms with Gasteiger partial charge in [-0.25, -0.2) is 8.42 Å². The second kappa shape index (κ2) is 8.60. The van der Waals surface area contributed by atoms with Crippen LogP contribution in [0.2, 0.25) is 0 Å². The minimum absolute atomic E-state index is 0.0106. The Morgan fingerprint density at radius 3 is 2.30 bits per heavy atom. The van der Waals surface area contributed by atoms with Gasteiger partial charge >= 0.3 is 0 Å². The zero-order valence-electron chi connectivity index (χ0n) is 17.4. The zero-order chi connectivity index (χ0) is 23.8. The van der Waals surface area contributed by atoms with E-state index in [4.69, 9.17) is 5.26 Å². The molecule has 0 radical (unpaired) electrons. The number of sulfonamides is 1. The van der Waals surface area contributed by atoms with Gasteiger partial charge in [0.2, 0.25) is 0 Å². The summed E-state index contributed by atoms with van der Waals surface area (Å²) in [7, 11) is -4.01. The molecular weight excluding hydrogens is 446 g/mol. The van der Waals surface area contributed by atoms with Gasteiger partial charge in [0.1, 0.15) is 5.78 Å².